The molecule has 3 N–H and O–H groups in total. The molecule has 1 unspecified atom stereocenters. The van der Waals surface area contributed by atoms with Crippen molar-refractivity contribution in [3.8, 4) is 0 Å². The van der Waals surface area contributed by atoms with Gasteiger partial charge in [0.25, 0.3) is 5.91 Å². The topological polar surface area (TPSA) is 84.4 Å². The SMILES string of the molecule is CCCCC(N)c1nc(C(=O)NCCCN(CC)CC)co1. The first-order valence-electron chi connectivity index (χ1n) is 8.33. The molecule has 0 aliphatic rings. The van der Waals surface area contributed by atoms with Crippen LogP contribution in [-0.4, -0.2) is 42.0 Å². The monoisotopic (exact) mass is 310 g/mol. The Morgan fingerprint density at radius 2 is 2.09 bits per heavy atom. The van der Waals surface area contributed by atoms with Crippen LogP contribution in [0.3, 0.4) is 0 Å². The first kappa shape index (κ1) is 18.6. The first-order chi connectivity index (χ1) is 10.6. The number of carbonyl (C=O) groups is 1. The maximum atomic E-state index is 12.0. The Morgan fingerprint density at radius 1 is 1.36 bits per heavy atom. The Bertz CT molecular complexity index is 430. The molecule has 1 heterocycles. The van der Waals surface area contributed by atoms with Gasteiger partial charge in [0, 0.05) is 6.54 Å². The predicted octanol–water partition coefficient (Wildman–Crippen LogP) is 2.33. The molecule has 0 aliphatic carbocycles. The number of rotatable bonds is 11. The molecular weight excluding hydrogens is 280 g/mol. The number of aromatic nitrogens is 1. The summed E-state index contributed by atoms with van der Waals surface area (Å²) in [5, 5.41) is 2.87. The summed E-state index contributed by atoms with van der Waals surface area (Å²) in [6, 6.07) is -0.232. The minimum Gasteiger partial charge on any atom is -0.446 e. The maximum Gasteiger partial charge on any atom is 0.273 e. The van der Waals surface area contributed by atoms with Gasteiger partial charge in [-0.3, -0.25) is 4.79 Å². The third kappa shape index (κ3) is 6.15. The number of hydrogen-bond donors (Lipinski definition) is 2. The quantitative estimate of drug-likeness (QED) is 0.613. The number of amides is 1. The van der Waals surface area contributed by atoms with Crippen LogP contribution in [0, 0.1) is 0 Å². The zero-order valence-electron chi connectivity index (χ0n) is 14.1. The molecule has 0 aromatic carbocycles. The molecule has 1 rings (SSSR count). The van der Waals surface area contributed by atoms with E-state index < -0.39 is 0 Å². The number of nitrogens with zero attached hydrogens (tertiary/aromatic N) is 2. The van der Waals surface area contributed by atoms with Crippen LogP contribution in [-0.2, 0) is 0 Å². The number of hydrogen-bond acceptors (Lipinski definition) is 5. The average Bonchev–Trinajstić information content (AvgIpc) is 3.02. The normalized spacial score (nSPS) is 12.6. The summed E-state index contributed by atoms with van der Waals surface area (Å²) in [6.07, 6.45) is 5.24. The largest absolute Gasteiger partial charge is 0.446 e. The molecule has 1 amide bonds. The van der Waals surface area contributed by atoms with Crippen molar-refractivity contribution in [2.75, 3.05) is 26.2 Å². The molecule has 1 aromatic heterocycles. The van der Waals surface area contributed by atoms with Crippen molar-refractivity contribution in [1.82, 2.24) is 15.2 Å². The summed E-state index contributed by atoms with van der Waals surface area (Å²) >= 11 is 0. The highest BCUT2D eigenvalue weighted by molar-refractivity contribution is 5.91. The van der Waals surface area contributed by atoms with Crippen molar-refractivity contribution in [2.45, 2.75) is 52.5 Å². The Hall–Kier alpha value is -1.40. The van der Waals surface area contributed by atoms with Gasteiger partial charge in [-0.25, -0.2) is 4.98 Å². The highest BCUT2D eigenvalue weighted by atomic mass is 16.3. The molecule has 1 aromatic rings. The van der Waals surface area contributed by atoms with E-state index in [2.05, 4.69) is 36.0 Å². The zero-order chi connectivity index (χ0) is 16.4. The van der Waals surface area contributed by atoms with Crippen molar-refractivity contribution in [3.63, 3.8) is 0 Å². The van der Waals surface area contributed by atoms with Gasteiger partial charge in [0.1, 0.15) is 6.26 Å². The van der Waals surface area contributed by atoms with Crippen LogP contribution in [0.2, 0.25) is 0 Å². The molecule has 0 spiro atoms. The smallest absolute Gasteiger partial charge is 0.273 e. The van der Waals surface area contributed by atoms with Gasteiger partial charge in [-0.05, 0) is 32.5 Å². The summed E-state index contributed by atoms with van der Waals surface area (Å²) in [5.41, 5.74) is 6.30. The van der Waals surface area contributed by atoms with Crippen molar-refractivity contribution in [3.05, 3.63) is 17.8 Å². The fourth-order valence-corrected chi connectivity index (χ4v) is 2.24. The highest BCUT2D eigenvalue weighted by Crippen LogP contribution is 2.16. The van der Waals surface area contributed by atoms with E-state index in [9.17, 15) is 4.79 Å². The van der Waals surface area contributed by atoms with Crippen molar-refractivity contribution < 1.29 is 9.21 Å². The third-order valence-electron chi connectivity index (χ3n) is 3.77. The van der Waals surface area contributed by atoms with Crippen LogP contribution in [0.4, 0.5) is 0 Å². The molecular formula is C16H30N4O2. The number of unbranched alkanes of at least 4 members (excludes halogenated alkanes) is 1. The summed E-state index contributed by atoms with van der Waals surface area (Å²) in [6.45, 7) is 10.1. The molecule has 0 saturated heterocycles. The van der Waals surface area contributed by atoms with E-state index >= 15 is 0 Å². The lowest BCUT2D eigenvalue weighted by molar-refractivity contribution is 0.0947. The minimum atomic E-state index is -0.232. The van der Waals surface area contributed by atoms with E-state index in [-0.39, 0.29) is 11.9 Å². The van der Waals surface area contributed by atoms with E-state index in [1.807, 2.05) is 0 Å². The van der Waals surface area contributed by atoms with Gasteiger partial charge in [0.15, 0.2) is 5.69 Å². The van der Waals surface area contributed by atoms with Crippen LogP contribution in [0.1, 0.15) is 68.9 Å². The number of nitrogens with one attached hydrogen (secondary N) is 1. The molecule has 22 heavy (non-hydrogen) atoms. The van der Waals surface area contributed by atoms with Crippen LogP contribution in [0.25, 0.3) is 0 Å². The van der Waals surface area contributed by atoms with Gasteiger partial charge in [-0.15, -0.1) is 0 Å². The van der Waals surface area contributed by atoms with Crippen LogP contribution < -0.4 is 11.1 Å². The van der Waals surface area contributed by atoms with Gasteiger partial charge >= 0.3 is 0 Å². The van der Waals surface area contributed by atoms with E-state index in [1.54, 1.807) is 0 Å². The van der Waals surface area contributed by atoms with Crippen LogP contribution in [0.15, 0.2) is 10.7 Å². The Morgan fingerprint density at radius 3 is 2.73 bits per heavy atom. The Balaban J connectivity index is 2.35. The van der Waals surface area contributed by atoms with Gasteiger partial charge in [0.2, 0.25) is 5.89 Å². The van der Waals surface area contributed by atoms with Crippen LogP contribution >= 0.6 is 0 Å². The van der Waals surface area contributed by atoms with E-state index in [0.29, 0.717) is 18.1 Å². The molecule has 0 aliphatic heterocycles. The average molecular weight is 310 g/mol. The van der Waals surface area contributed by atoms with E-state index in [0.717, 1.165) is 45.3 Å². The fourth-order valence-electron chi connectivity index (χ4n) is 2.24. The lowest BCUT2D eigenvalue weighted by Gasteiger charge is -2.17. The third-order valence-corrected chi connectivity index (χ3v) is 3.77. The molecule has 0 bridgehead atoms. The lowest BCUT2D eigenvalue weighted by Crippen LogP contribution is -2.30. The molecule has 0 fully saturated rings. The number of nitrogens with two attached hydrogens (primary N) is 1. The van der Waals surface area contributed by atoms with Gasteiger partial charge in [-0.2, -0.15) is 0 Å². The van der Waals surface area contributed by atoms with Gasteiger partial charge < -0.3 is 20.4 Å². The van der Waals surface area contributed by atoms with Gasteiger partial charge in [0.05, 0.1) is 6.04 Å². The summed E-state index contributed by atoms with van der Waals surface area (Å²) in [7, 11) is 0. The predicted molar refractivity (Wildman–Crippen MR) is 87.7 cm³/mol. The Kier molecular flexibility index (Phi) is 8.77. The second-order valence-corrected chi connectivity index (χ2v) is 5.46. The molecule has 6 nitrogen and oxygen atoms in total. The van der Waals surface area contributed by atoms with E-state index in [1.165, 1.54) is 6.26 Å². The zero-order valence-corrected chi connectivity index (χ0v) is 14.1. The molecule has 0 radical (unpaired) electrons. The minimum absolute atomic E-state index is 0.197. The lowest BCUT2D eigenvalue weighted by atomic mass is 10.1. The molecule has 0 saturated carbocycles. The Labute approximate surface area is 133 Å². The number of oxazole rings is 1. The highest BCUT2D eigenvalue weighted by Gasteiger charge is 2.16. The van der Waals surface area contributed by atoms with Crippen molar-refractivity contribution in [2.24, 2.45) is 5.73 Å². The van der Waals surface area contributed by atoms with Crippen molar-refractivity contribution in [1.29, 1.82) is 0 Å². The van der Waals surface area contributed by atoms with Crippen molar-refractivity contribution >= 4 is 5.91 Å². The molecule has 126 valence electrons. The second kappa shape index (κ2) is 10.3. The summed E-state index contributed by atoms with van der Waals surface area (Å²) in [5.74, 6) is 0.249. The van der Waals surface area contributed by atoms with Gasteiger partial charge in [-0.1, -0.05) is 33.6 Å². The van der Waals surface area contributed by atoms with E-state index in [4.69, 9.17) is 10.2 Å². The molecule has 6 heteroatoms. The second-order valence-electron chi connectivity index (χ2n) is 5.46. The fraction of sp³-hybridized carbons (Fsp3) is 0.750. The standard InChI is InChI=1S/C16H30N4O2/c1-4-7-9-13(17)16-19-14(12-22-16)15(21)18-10-8-11-20(5-2)6-3/h12-13H,4-11,17H2,1-3H3,(H,18,21). The van der Waals surface area contributed by atoms with Crippen LogP contribution in [0.5, 0.6) is 0 Å². The number of carbonyl (C=O) groups excluding carboxylic acids is 1. The molecule has 1 atom stereocenters. The summed E-state index contributed by atoms with van der Waals surface area (Å²) in [4.78, 5) is 18.5. The summed E-state index contributed by atoms with van der Waals surface area (Å²) < 4.78 is 5.32. The first-order valence-corrected chi connectivity index (χ1v) is 8.33. The maximum absolute atomic E-state index is 12.0.